The molecule has 1 aromatic carbocycles. The predicted molar refractivity (Wildman–Crippen MR) is 87.9 cm³/mol. The number of ether oxygens (including phenoxy) is 1. The zero-order valence-electron chi connectivity index (χ0n) is 12.2. The Morgan fingerprint density at radius 1 is 1.00 bits per heavy atom. The quantitative estimate of drug-likeness (QED) is 0.719. The van der Waals surface area contributed by atoms with Gasteiger partial charge in [0.1, 0.15) is 11.6 Å². The van der Waals surface area contributed by atoms with Gasteiger partial charge in [0.2, 0.25) is 5.88 Å². The van der Waals surface area contributed by atoms with Crippen LogP contribution in [0, 0.1) is 0 Å². The van der Waals surface area contributed by atoms with Crippen LogP contribution in [0.25, 0.3) is 11.1 Å². The minimum Gasteiger partial charge on any atom is -0.438 e. The molecule has 0 saturated carbocycles. The van der Waals surface area contributed by atoms with E-state index in [4.69, 9.17) is 10.5 Å². The van der Waals surface area contributed by atoms with Gasteiger partial charge in [0, 0.05) is 30.7 Å². The fourth-order valence-corrected chi connectivity index (χ4v) is 2.07. The summed E-state index contributed by atoms with van der Waals surface area (Å²) in [7, 11) is 1.83. The van der Waals surface area contributed by atoms with E-state index in [9.17, 15) is 0 Å². The fraction of sp³-hybridized carbons (Fsp3) is 0.0588. The summed E-state index contributed by atoms with van der Waals surface area (Å²) in [6.07, 6.45) is 3.46. The summed E-state index contributed by atoms with van der Waals surface area (Å²) in [6.45, 7) is 0. The van der Waals surface area contributed by atoms with Gasteiger partial charge in [0.25, 0.3) is 0 Å². The Bertz CT molecular complexity index is 772. The van der Waals surface area contributed by atoms with Crippen LogP contribution in [0.5, 0.6) is 11.6 Å². The average molecular weight is 292 g/mol. The van der Waals surface area contributed by atoms with Gasteiger partial charge in [0.05, 0.1) is 0 Å². The van der Waals surface area contributed by atoms with Gasteiger partial charge in [-0.1, -0.05) is 0 Å². The maximum Gasteiger partial charge on any atom is 0.227 e. The van der Waals surface area contributed by atoms with E-state index >= 15 is 0 Å². The van der Waals surface area contributed by atoms with Crippen LogP contribution < -0.4 is 15.8 Å². The van der Waals surface area contributed by atoms with Gasteiger partial charge in [0.15, 0.2) is 0 Å². The first-order valence-corrected chi connectivity index (χ1v) is 6.89. The van der Waals surface area contributed by atoms with E-state index in [1.165, 1.54) is 0 Å². The van der Waals surface area contributed by atoms with E-state index in [0.717, 1.165) is 16.9 Å². The normalized spacial score (nSPS) is 10.2. The lowest BCUT2D eigenvalue weighted by molar-refractivity contribution is 0.465. The molecule has 2 aromatic heterocycles. The van der Waals surface area contributed by atoms with Crippen LogP contribution in [0.2, 0.25) is 0 Å². The first-order chi connectivity index (χ1) is 10.8. The van der Waals surface area contributed by atoms with Crippen LogP contribution >= 0.6 is 0 Å². The Morgan fingerprint density at radius 2 is 1.82 bits per heavy atom. The highest BCUT2D eigenvalue weighted by molar-refractivity contribution is 5.70. The van der Waals surface area contributed by atoms with Crippen molar-refractivity contribution in [3.05, 3.63) is 60.9 Å². The molecule has 3 N–H and O–H groups in total. The van der Waals surface area contributed by atoms with Crippen molar-refractivity contribution in [2.75, 3.05) is 18.1 Å². The molecule has 0 atom stereocenters. The second-order valence-electron chi connectivity index (χ2n) is 4.71. The van der Waals surface area contributed by atoms with E-state index in [0.29, 0.717) is 17.3 Å². The highest BCUT2D eigenvalue weighted by Gasteiger charge is 2.09. The molecule has 0 aliphatic rings. The van der Waals surface area contributed by atoms with Gasteiger partial charge in [-0.3, -0.25) is 0 Å². The summed E-state index contributed by atoms with van der Waals surface area (Å²) in [6, 6.07) is 14.9. The maximum atomic E-state index is 5.88. The van der Waals surface area contributed by atoms with Crippen LogP contribution in [0.15, 0.2) is 60.9 Å². The predicted octanol–water partition coefficient (Wildman–Crippen LogP) is 3.56. The van der Waals surface area contributed by atoms with Crippen LogP contribution in [0.1, 0.15) is 0 Å². The van der Waals surface area contributed by atoms with Crippen molar-refractivity contribution in [2.45, 2.75) is 0 Å². The van der Waals surface area contributed by atoms with Crippen molar-refractivity contribution in [3.8, 4) is 22.8 Å². The summed E-state index contributed by atoms with van der Waals surface area (Å²) in [5, 5.41) is 3.03. The number of hydrogen-bond acceptors (Lipinski definition) is 5. The number of nitrogen functional groups attached to an aromatic ring is 1. The molecule has 22 heavy (non-hydrogen) atoms. The number of pyridine rings is 2. The smallest absolute Gasteiger partial charge is 0.227 e. The van der Waals surface area contributed by atoms with Gasteiger partial charge >= 0.3 is 0 Å². The van der Waals surface area contributed by atoms with Gasteiger partial charge in [-0.2, -0.15) is 0 Å². The van der Waals surface area contributed by atoms with Gasteiger partial charge < -0.3 is 15.8 Å². The molecule has 5 nitrogen and oxygen atoms in total. The molecule has 0 aliphatic heterocycles. The topological polar surface area (TPSA) is 73.1 Å². The van der Waals surface area contributed by atoms with Crippen LogP contribution in [-0.2, 0) is 0 Å². The van der Waals surface area contributed by atoms with Crippen LogP contribution in [-0.4, -0.2) is 17.0 Å². The third kappa shape index (κ3) is 2.98. The maximum absolute atomic E-state index is 5.88. The fourth-order valence-electron chi connectivity index (χ4n) is 2.07. The molecular weight excluding hydrogens is 276 g/mol. The zero-order valence-corrected chi connectivity index (χ0v) is 12.2. The molecule has 0 amide bonds. The highest BCUT2D eigenvalue weighted by atomic mass is 16.5. The number of aromatic nitrogens is 2. The third-order valence-electron chi connectivity index (χ3n) is 3.19. The molecule has 0 radical (unpaired) electrons. The molecule has 3 rings (SSSR count). The van der Waals surface area contributed by atoms with Gasteiger partial charge in [-0.15, -0.1) is 0 Å². The molecule has 0 aliphatic carbocycles. The lowest BCUT2D eigenvalue weighted by atomic mass is 10.1. The van der Waals surface area contributed by atoms with E-state index in [2.05, 4.69) is 15.3 Å². The van der Waals surface area contributed by atoms with Crippen LogP contribution in [0.3, 0.4) is 0 Å². The molecule has 0 spiro atoms. The zero-order chi connectivity index (χ0) is 15.4. The number of anilines is 2. The van der Waals surface area contributed by atoms with E-state index in [1.807, 2.05) is 43.4 Å². The third-order valence-corrected chi connectivity index (χ3v) is 3.19. The second kappa shape index (κ2) is 6.13. The summed E-state index contributed by atoms with van der Waals surface area (Å²) in [5.74, 6) is 2.03. The summed E-state index contributed by atoms with van der Waals surface area (Å²) in [4.78, 5) is 8.55. The highest BCUT2D eigenvalue weighted by Crippen LogP contribution is 2.32. The molecule has 0 fully saturated rings. The first-order valence-electron chi connectivity index (χ1n) is 6.89. The Hall–Kier alpha value is -3.08. The molecule has 0 unspecified atom stereocenters. The Balaban J connectivity index is 1.97. The summed E-state index contributed by atoms with van der Waals surface area (Å²) < 4.78 is 5.88. The summed E-state index contributed by atoms with van der Waals surface area (Å²) in [5.41, 5.74) is 8.27. The average Bonchev–Trinajstić information content (AvgIpc) is 2.57. The van der Waals surface area contributed by atoms with E-state index in [-0.39, 0.29) is 0 Å². The first kappa shape index (κ1) is 13.9. The largest absolute Gasteiger partial charge is 0.438 e. The number of rotatable bonds is 4. The minimum atomic E-state index is 0.542. The number of nitrogens with one attached hydrogen (secondary N) is 1. The van der Waals surface area contributed by atoms with Crippen molar-refractivity contribution in [3.63, 3.8) is 0 Å². The van der Waals surface area contributed by atoms with E-state index in [1.54, 1.807) is 24.5 Å². The molecule has 3 aromatic rings. The molecule has 0 bridgehead atoms. The van der Waals surface area contributed by atoms with Gasteiger partial charge in [-0.25, -0.2) is 9.97 Å². The molecule has 2 heterocycles. The van der Waals surface area contributed by atoms with Crippen LogP contribution in [0.4, 0.5) is 11.5 Å². The Kier molecular flexibility index (Phi) is 3.87. The molecular formula is C17H16N4O. The molecule has 110 valence electrons. The van der Waals surface area contributed by atoms with E-state index < -0.39 is 0 Å². The Labute approximate surface area is 128 Å². The standard InChI is InChI=1S/C17H16N4O/c1-19-16-11-12(8-10-20-16)15-3-2-9-21-17(15)22-14-6-4-13(18)5-7-14/h2-11H,18H2,1H3,(H,19,20). The van der Waals surface area contributed by atoms with Crippen molar-refractivity contribution >= 4 is 11.5 Å². The van der Waals surface area contributed by atoms with Crippen molar-refractivity contribution in [1.82, 2.24) is 9.97 Å². The SMILES string of the molecule is CNc1cc(-c2cccnc2Oc2ccc(N)cc2)ccn1. The monoisotopic (exact) mass is 292 g/mol. The minimum absolute atomic E-state index is 0.542. The van der Waals surface area contributed by atoms with Gasteiger partial charge in [-0.05, 0) is 54.1 Å². The Morgan fingerprint density at radius 3 is 2.59 bits per heavy atom. The number of nitrogens with two attached hydrogens (primary N) is 1. The lowest BCUT2D eigenvalue weighted by Gasteiger charge is -2.11. The number of benzene rings is 1. The lowest BCUT2D eigenvalue weighted by Crippen LogP contribution is -1.94. The number of hydrogen-bond donors (Lipinski definition) is 2. The molecule has 5 heteroatoms. The molecule has 0 saturated heterocycles. The van der Waals surface area contributed by atoms with Crippen molar-refractivity contribution < 1.29 is 4.74 Å². The number of nitrogens with zero attached hydrogens (tertiary/aromatic N) is 2. The van der Waals surface area contributed by atoms with Crippen molar-refractivity contribution in [2.24, 2.45) is 0 Å². The van der Waals surface area contributed by atoms with Crippen molar-refractivity contribution in [1.29, 1.82) is 0 Å². The summed E-state index contributed by atoms with van der Waals surface area (Å²) >= 11 is 0. The second-order valence-corrected chi connectivity index (χ2v) is 4.71.